The Labute approximate surface area is 102 Å². The average Bonchev–Trinajstić information content (AvgIpc) is 2.31. The van der Waals surface area contributed by atoms with E-state index < -0.39 is 12.1 Å². The summed E-state index contributed by atoms with van der Waals surface area (Å²) in [5.74, 6) is -0.373. The second-order valence-electron chi connectivity index (χ2n) is 3.77. The van der Waals surface area contributed by atoms with Gasteiger partial charge in [0.2, 0.25) is 0 Å². The minimum absolute atomic E-state index is 0.587. The summed E-state index contributed by atoms with van der Waals surface area (Å²) in [6.45, 7) is 7.50. The summed E-state index contributed by atoms with van der Waals surface area (Å²) in [7, 11) is 0. The highest BCUT2D eigenvalue weighted by Crippen LogP contribution is 2.21. The summed E-state index contributed by atoms with van der Waals surface area (Å²) < 4.78 is 5.33. The van der Waals surface area contributed by atoms with Crippen LogP contribution in [0.15, 0.2) is 24.3 Å². The van der Waals surface area contributed by atoms with E-state index in [2.05, 4.69) is 18.7 Å². The molecule has 17 heavy (non-hydrogen) atoms. The van der Waals surface area contributed by atoms with Gasteiger partial charge in [-0.3, -0.25) is 0 Å². The molecule has 1 aromatic rings. The monoisotopic (exact) mass is 237 g/mol. The first-order valence-electron chi connectivity index (χ1n) is 5.83. The van der Waals surface area contributed by atoms with E-state index in [1.165, 1.54) is 6.92 Å². The standard InChI is InChI=1S/C13H19NO3/c1-4-14(5-2)11-7-6-8-12(9-11)17-10(3)13(15)16/h6-10H,4-5H2,1-3H3,(H,15,16)/t10-/m0/s1. The number of carboxylic acids is 1. The summed E-state index contributed by atoms with van der Waals surface area (Å²) >= 11 is 0. The predicted molar refractivity (Wildman–Crippen MR) is 67.7 cm³/mol. The van der Waals surface area contributed by atoms with Crippen LogP contribution in [0.5, 0.6) is 5.75 Å². The average molecular weight is 237 g/mol. The fraction of sp³-hybridized carbons (Fsp3) is 0.462. The molecule has 1 N–H and O–H groups in total. The van der Waals surface area contributed by atoms with E-state index in [4.69, 9.17) is 9.84 Å². The molecule has 1 rings (SSSR count). The van der Waals surface area contributed by atoms with Crippen LogP contribution in [0.25, 0.3) is 0 Å². The van der Waals surface area contributed by atoms with Crippen LogP contribution in [-0.2, 0) is 4.79 Å². The van der Waals surface area contributed by atoms with Gasteiger partial charge in [-0.15, -0.1) is 0 Å². The number of hydrogen-bond acceptors (Lipinski definition) is 3. The lowest BCUT2D eigenvalue weighted by Crippen LogP contribution is -2.24. The zero-order chi connectivity index (χ0) is 12.8. The maximum atomic E-state index is 10.7. The van der Waals surface area contributed by atoms with Crippen molar-refractivity contribution in [3.63, 3.8) is 0 Å². The van der Waals surface area contributed by atoms with Gasteiger partial charge in [-0.2, -0.15) is 0 Å². The Morgan fingerprint density at radius 1 is 1.41 bits per heavy atom. The second kappa shape index (κ2) is 6.13. The first kappa shape index (κ1) is 13.4. The highest BCUT2D eigenvalue weighted by Gasteiger charge is 2.12. The highest BCUT2D eigenvalue weighted by atomic mass is 16.5. The summed E-state index contributed by atoms with van der Waals surface area (Å²) in [4.78, 5) is 12.9. The fourth-order valence-corrected chi connectivity index (χ4v) is 1.60. The molecular weight excluding hydrogens is 218 g/mol. The summed E-state index contributed by atoms with van der Waals surface area (Å²) in [5.41, 5.74) is 1.05. The normalized spacial score (nSPS) is 11.9. The maximum absolute atomic E-state index is 10.7. The van der Waals surface area contributed by atoms with Gasteiger partial charge in [-0.25, -0.2) is 4.79 Å². The first-order valence-corrected chi connectivity index (χ1v) is 5.83. The minimum Gasteiger partial charge on any atom is -0.479 e. The van der Waals surface area contributed by atoms with E-state index in [1.54, 1.807) is 6.07 Å². The van der Waals surface area contributed by atoms with Crippen molar-refractivity contribution >= 4 is 11.7 Å². The Hall–Kier alpha value is -1.71. The molecule has 0 aliphatic heterocycles. The highest BCUT2D eigenvalue weighted by molar-refractivity contribution is 5.72. The smallest absolute Gasteiger partial charge is 0.344 e. The summed E-state index contributed by atoms with van der Waals surface area (Å²) in [5, 5.41) is 8.78. The molecule has 0 saturated carbocycles. The van der Waals surface area contributed by atoms with E-state index in [1.807, 2.05) is 18.2 Å². The molecule has 1 atom stereocenters. The molecule has 0 fully saturated rings. The van der Waals surface area contributed by atoms with Crippen molar-refractivity contribution in [2.24, 2.45) is 0 Å². The van der Waals surface area contributed by atoms with Crippen molar-refractivity contribution in [3.05, 3.63) is 24.3 Å². The molecule has 4 heteroatoms. The van der Waals surface area contributed by atoms with Crippen LogP contribution in [0.3, 0.4) is 0 Å². The lowest BCUT2D eigenvalue weighted by Gasteiger charge is -2.21. The molecule has 0 spiro atoms. The van der Waals surface area contributed by atoms with Gasteiger partial charge in [0.15, 0.2) is 6.10 Å². The number of rotatable bonds is 6. The van der Waals surface area contributed by atoms with Crippen molar-refractivity contribution in [2.45, 2.75) is 26.9 Å². The number of carbonyl (C=O) groups is 1. The maximum Gasteiger partial charge on any atom is 0.344 e. The number of ether oxygens (including phenoxy) is 1. The predicted octanol–water partition coefficient (Wildman–Crippen LogP) is 2.38. The molecule has 0 unspecified atom stereocenters. The van der Waals surface area contributed by atoms with E-state index >= 15 is 0 Å². The van der Waals surface area contributed by atoms with Gasteiger partial charge in [-0.1, -0.05) is 6.07 Å². The third-order valence-electron chi connectivity index (χ3n) is 2.61. The Bertz CT molecular complexity index is 375. The first-order chi connectivity index (χ1) is 8.08. The van der Waals surface area contributed by atoms with Gasteiger partial charge in [0, 0.05) is 24.8 Å². The number of anilines is 1. The largest absolute Gasteiger partial charge is 0.479 e. The van der Waals surface area contributed by atoms with Crippen LogP contribution < -0.4 is 9.64 Å². The molecule has 94 valence electrons. The molecule has 0 aliphatic carbocycles. The number of carboxylic acid groups (broad SMARTS) is 1. The van der Waals surface area contributed by atoms with E-state index in [0.29, 0.717) is 5.75 Å². The van der Waals surface area contributed by atoms with Crippen LogP contribution in [-0.4, -0.2) is 30.3 Å². The van der Waals surface area contributed by atoms with Crippen LogP contribution in [0.2, 0.25) is 0 Å². The van der Waals surface area contributed by atoms with E-state index in [0.717, 1.165) is 18.8 Å². The number of nitrogens with zero attached hydrogens (tertiary/aromatic N) is 1. The second-order valence-corrected chi connectivity index (χ2v) is 3.77. The number of hydrogen-bond donors (Lipinski definition) is 1. The van der Waals surface area contributed by atoms with Gasteiger partial charge >= 0.3 is 5.97 Å². The molecule has 0 aliphatic rings. The van der Waals surface area contributed by atoms with Crippen molar-refractivity contribution in [3.8, 4) is 5.75 Å². The molecule has 0 saturated heterocycles. The zero-order valence-electron chi connectivity index (χ0n) is 10.5. The Kier molecular flexibility index (Phi) is 4.82. The van der Waals surface area contributed by atoms with Crippen LogP contribution in [0, 0.1) is 0 Å². The molecule has 1 aromatic carbocycles. The van der Waals surface area contributed by atoms with Crippen molar-refractivity contribution in [1.29, 1.82) is 0 Å². The van der Waals surface area contributed by atoms with Crippen LogP contribution in [0.1, 0.15) is 20.8 Å². The molecule has 0 amide bonds. The van der Waals surface area contributed by atoms with Gasteiger partial charge in [0.05, 0.1) is 0 Å². The van der Waals surface area contributed by atoms with Crippen LogP contribution >= 0.6 is 0 Å². The van der Waals surface area contributed by atoms with Crippen molar-refractivity contribution in [2.75, 3.05) is 18.0 Å². The lowest BCUT2D eigenvalue weighted by atomic mass is 10.2. The molecule has 0 heterocycles. The third kappa shape index (κ3) is 3.66. The fourth-order valence-electron chi connectivity index (χ4n) is 1.60. The minimum atomic E-state index is -0.960. The molecule has 4 nitrogen and oxygen atoms in total. The van der Waals surface area contributed by atoms with Gasteiger partial charge in [0.1, 0.15) is 5.75 Å². The van der Waals surface area contributed by atoms with E-state index in [9.17, 15) is 4.79 Å². The van der Waals surface area contributed by atoms with Crippen LogP contribution in [0.4, 0.5) is 5.69 Å². The molecular formula is C13H19NO3. The van der Waals surface area contributed by atoms with Gasteiger partial charge in [-0.05, 0) is 32.9 Å². The topological polar surface area (TPSA) is 49.8 Å². The lowest BCUT2D eigenvalue weighted by molar-refractivity contribution is -0.144. The Balaban J connectivity index is 2.82. The summed E-state index contributed by atoms with van der Waals surface area (Å²) in [6, 6.07) is 7.50. The molecule has 0 aromatic heterocycles. The number of benzene rings is 1. The van der Waals surface area contributed by atoms with Crippen molar-refractivity contribution < 1.29 is 14.6 Å². The zero-order valence-corrected chi connectivity index (χ0v) is 10.5. The quantitative estimate of drug-likeness (QED) is 0.825. The third-order valence-corrected chi connectivity index (χ3v) is 2.61. The number of aliphatic carboxylic acids is 1. The van der Waals surface area contributed by atoms with Crippen molar-refractivity contribution in [1.82, 2.24) is 0 Å². The van der Waals surface area contributed by atoms with Gasteiger partial charge < -0.3 is 14.7 Å². The van der Waals surface area contributed by atoms with E-state index in [-0.39, 0.29) is 0 Å². The Morgan fingerprint density at radius 2 is 2.06 bits per heavy atom. The van der Waals surface area contributed by atoms with Gasteiger partial charge in [0.25, 0.3) is 0 Å². The Morgan fingerprint density at radius 3 is 2.59 bits per heavy atom. The summed E-state index contributed by atoms with van der Waals surface area (Å²) in [6.07, 6.45) is -0.832. The SMILES string of the molecule is CCN(CC)c1cccc(O[C@@H](C)C(=O)O)c1. The molecule has 0 radical (unpaired) electrons. The molecule has 0 bridgehead atoms.